The van der Waals surface area contributed by atoms with E-state index in [4.69, 9.17) is 11.0 Å². The molecule has 3 rings (SSSR count). The Bertz CT molecular complexity index is 763. The van der Waals surface area contributed by atoms with Gasteiger partial charge in [-0.1, -0.05) is 12.1 Å². The quantitative estimate of drug-likeness (QED) is 0.709. The largest absolute Gasteiger partial charge is 0.399 e. The first-order valence-electron chi connectivity index (χ1n) is 5.99. The summed E-state index contributed by atoms with van der Waals surface area (Å²) in [6.45, 7) is 0. The molecule has 0 bridgehead atoms. The average Bonchev–Trinajstić information content (AvgIpc) is 2.78. The Morgan fingerprint density at radius 1 is 1.11 bits per heavy atom. The molecule has 4 nitrogen and oxygen atoms in total. The van der Waals surface area contributed by atoms with Crippen molar-refractivity contribution >= 4 is 16.7 Å². The molecule has 0 aliphatic heterocycles. The molecule has 2 N–H and O–H groups in total. The summed E-state index contributed by atoms with van der Waals surface area (Å²) in [4.78, 5) is 4.51. The van der Waals surface area contributed by atoms with E-state index in [1.165, 1.54) is 0 Å². The molecule has 0 saturated carbocycles. The van der Waals surface area contributed by atoms with Crippen molar-refractivity contribution in [1.82, 2.24) is 9.55 Å². The van der Waals surface area contributed by atoms with Crippen LogP contribution >= 0.6 is 0 Å². The van der Waals surface area contributed by atoms with Crippen LogP contribution < -0.4 is 5.73 Å². The lowest BCUT2D eigenvalue weighted by atomic mass is 10.2. The summed E-state index contributed by atoms with van der Waals surface area (Å²) in [5, 5.41) is 8.94. The summed E-state index contributed by atoms with van der Waals surface area (Å²) in [6, 6.07) is 17.6. The Balaban J connectivity index is 2.28. The molecule has 0 radical (unpaired) electrons. The molecule has 0 unspecified atom stereocenters. The summed E-state index contributed by atoms with van der Waals surface area (Å²) in [6.07, 6.45) is 0.277. The fourth-order valence-electron chi connectivity index (χ4n) is 2.18. The lowest BCUT2D eigenvalue weighted by Crippen LogP contribution is -2.00. The first-order chi connectivity index (χ1) is 9.29. The van der Waals surface area contributed by atoms with Crippen molar-refractivity contribution in [3.8, 4) is 11.8 Å². The van der Waals surface area contributed by atoms with E-state index >= 15 is 0 Å². The topological polar surface area (TPSA) is 67.6 Å². The van der Waals surface area contributed by atoms with Crippen LogP contribution in [0.1, 0.15) is 5.82 Å². The van der Waals surface area contributed by atoms with Crippen molar-refractivity contribution in [1.29, 1.82) is 5.26 Å². The van der Waals surface area contributed by atoms with Gasteiger partial charge in [-0.3, -0.25) is 4.57 Å². The highest BCUT2D eigenvalue weighted by atomic mass is 15.1. The summed E-state index contributed by atoms with van der Waals surface area (Å²) in [5.74, 6) is 0.744. The van der Waals surface area contributed by atoms with Crippen molar-refractivity contribution in [2.24, 2.45) is 0 Å². The van der Waals surface area contributed by atoms with Crippen molar-refractivity contribution < 1.29 is 0 Å². The molecule has 92 valence electrons. The number of benzene rings is 2. The number of anilines is 1. The van der Waals surface area contributed by atoms with Gasteiger partial charge in [0, 0.05) is 11.4 Å². The van der Waals surface area contributed by atoms with Gasteiger partial charge in [0.1, 0.15) is 5.82 Å². The molecule has 0 fully saturated rings. The Labute approximate surface area is 110 Å². The van der Waals surface area contributed by atoms with Crippen LogP contribution in [-0.2, 0) is 6.42 Å². The van der Waals surface area contributed by atoms with Crippen molar-refractivity contribution in [3.63, 3.8) is 0 Å². The van der Waals surface area contributed by atoms with Gasteiger partial charge in [0.05, 0.1) is 23.5 Å². The minimum absolute atomic E-state index is 0.277. The number of rotatable bonds is 2. The second-order valence-electron chi connectivity index (χ2n) is 4.28. The second-order valence-corrected chi connectivity index (χ2v) is 4.28. The minimum Gasteiger partial charge on any atom is -0.399 e. The molecule has 4 heteroatoms. The van der Waals surface area contributed by atoms with Gasteiger partial charge in [-0.2, -0.15) is 5.26 Å². The lowest BCUT2D eigenvalue weighted by Gasteiger charge is -2.07. The van der Waals surface area contributed by atoms with Crippen LogP contribution in [0.5, 0.6) is 0 Å². The number of imidazole rings is 1. The smallest absolute Gasteiger partial charge is 0.128 e. The van der Waals surface area contributed by atoms with Crippen LogP contribution in [0.2, 0.25) is 0 Å². The zero-order valence-corrected chi connectivity index (χ0v) is 10.2. The van der Waals surface area contributed by atoms with E-state index in [1.807, 2.05) is 53.1 Å². The SMILES string of the molecule is N#CCc1nc2ccccc2n1-c1ccc(N)cc1. The van der Waals surface area contributed by atoms with E-state index in [0.29, 0.717) is 0 Å². The third-order valence-corrected chi connectivity index (χ3v) is 3.02. The summed E-state index contributed by atoms with van der Waals surface area (Å²) in [7, 11) is 0. The first kappa shape index (κ1) is 11.3. The number of nitrogen functional groups attached to an aromatic ring is 1. The number of nitrogens with two attached hydrogens (primary N) is 1. The molecule has 19 heavy (non-hydrogen) atoms. The van der Waals surface area contributed by atoms with Crippen LogP contribution in [0.3, 0.4) is 0 Å². The molecule has 0 spiro atoms. The molecule has 1 aromatic heterocycles. The highest BCUT2D eigenvalue weighted by molar-refractivity contribution is 5.78. The van der Waals surface area contributed by atoms with Crippen LogP contribution in [0.25, 0.3) is 16.7 Å². The number of aromatic nitrogens is 2. The highest BCUT2D eigenvalue weighted by Crippen LogP contribution is 2.22. The van der Waals surface area contributed by atoms with Gasteiger partial charge in [-0.15, -0.1) is 0 Å². The van der Waals surface area contributed by atoms with E-state index in [9.17, 15) is 0 Å². The Hall–Kier alpha value is -2.80. The number of nitriles is 1. The highest BCUT2D eigenvalue weighted by Gasteiger charge is 2.11. The van der Waals surface area contributed by atoms with E-state index in [1.54, 1.807) is 0 Å². The number of hydrogen-bond acceptors (Lipinski definition) is 3. The number of fused-ring (bicyclic) bond motifs is 1. The van der Waals surface area contributed by atoms with Crippen LogP contribution in [0.4, 0.5) is 5.69 Å². The summed E-state index contributed by atoms with van der Waals surface area (Å²) >= 11 is 0. The number of hydrogen-bond donors (Lipinski definition) is 1. The maximum absolute atomic E-state index is 8.94. The maximum Gasteiger partial charge on any atom is 0.128 e. The van der Waals surface area contributed by atoms with Crippen molar-refractivity contribution in [2.75, 3.05) is 5.73 Å². The van der Waals surface area contributed by atoms with E-state index in [2.05, 4.69) is 11.1 Å². The second kappa shape index (κ2) is 4.46. The Morgan fingerprint density at radius 2 is 1.84 bits per heavy atom. The molecular weight excluding hydrogens is 236 g/mol. The summed E-state index contributed by atoms with van der Waals surface area (Å²) < 4.78 is 2.00. The van der Waals surface area contributed by atoms with Crippen molar-refractivity contribution in [3.05, 3.63) is 54.4 Å². The molecular formula is C15H12N4. The first-order valence-corrected chi connectivity index (χ1v) is 5.99. The molecule has 0 amide bonds. The monoisotopic (exact) mass is 248 g/mol. The van der Waals surface area contributed by atoms with Gasteiger partial charge < -0.3 is 5.73 Å². The van der Waals surface area contributed by atoms with Gasteiger partial charge in [-0.05, 0) is 36.4 Å². The standard InChI is InChI=1S/C15H12N4/c16-10-9-15-18-13-3-1-2-4-14(13)19(15)12-7-5-11(17)6-8-12/h1-8H,9,17H2. The zero-order valence-electron chi connectivity index (χ0n) is 10.2. The minimum atomic E-state index is 0.277. The lowest BCUT2D eigenvalue weighted by molar-refractivity contribution is 0.955. The van der Waals surface area contributed by atoms with E-state index in [0.717, 1.165) is 28.2 Å². The molecule has 0 atom stereocenters. The number of nitrogens with zero attached hydrogens (tertiary/aromatic N) is 3. The molecule has 0 aliphatic rings. The van der Waals surface area contributed by atoms with Crippen LogP contribution in [0.15, 0.2) is 48.5 Å². The Kier molecular flexibility index (Phi) is 2.66. The van der Waals surface area contributed by atoms with Gasteiger partial charge in [0.25, 0.3) is 0 Å². The molecule has 2 aromatic carbocycles. The predicted octanol–water partition coefficient (Wildman–Crippen LogP) is 2.67. The number of para-hydroxylation sites is 2. The average molecular weight is 248 g/mol. The van der Waals surface area contributed by atoms with E-state index in [-0.39, 0.29) is 6.42 Å². The predicted molar refractivity (Wildman–Crippen MR) is 74.8 cm³/mol. The fourth-order valence-corrected chi connectivity index (χ4v) is 2.18. The Morgan fingerprint density at radius 3 is 2.58 bits per heavy atom. The molecule has 1 heterocycles. The maximum atomic E-state index is 8.94. The zero-order chi connectivity index (χ0) is 13.2. The fraction of sp³-hybridized carbons (Fsp3) is 0.0667. The van der Waals surface area contributed by atoms with Gasteiger partial charge in [0.15, 0.2) is 0 Å². The van der Waals surface area contributed by atoms with E-state index < -0.39 is 0 Å². The third kappa shape index (κ3) is 1.91. The molecule has 0 aliphatic carbocycles. The van der Waals surface area contributed by atoms with Gasteiger partial charge >= 0.3 is 0 Å². The van der Waals surface area contributed by atoms with Crippen LogP contribution in [-0.4, -0.2) is 9.55 Å². The molecule has 3 aromatic rings. The normalized spacial score (nSPS) is 10.5. The van der Waals surface area contributed by atoms with Gasteiger partial charge in [0.2, 0.25) is 0 Å². The summed E-state index contributed by atoms with van der Waals surface area (Å²) in [5.41, 5.74) is 9.29. The third-order valence-electron chi connectivity index (χ3n) is 3.02. The molecule has 0 saturated heterocycles. The van der Waals surface area contributed by atoms with Crippen LogP contribution in [0, 0.1) is 11.3 Å². The van der Waals surface area contributed by atoms with Gasteiger partial charge in [-0.25, -0.2) is 4.98 Å². The van der Waals surface area contributed by atoms with Crippen molar-refractivity contribution in [2.45, 2.75) is 6.42 Å².